The Kier molecular flexibility index (Phi) is 5.27. The first-order chi connectivity index (χ1) is 12.5. The molecule has 0 aromatic heterocycles. The lowest BCUT2D eigenvalue weighted by Crippen LogP contribution is -2.05. The summed E-state index contributed by atoms with van der Waals surface area (Å²) in [6.07, 6.45) is 1.59. The highest BCUT2D eigenvalue weighted by Crippen LogP contribution is 2.36. The molecule has 1 aliphatic rings. The number of carbonyl (C=O) groups excluding carboxylic acids is 1. The van der Waals surface area contributed by atoms with Crippen LogP contribution in [0.4, 0.5) is 0 Å². The van der Waals surface area contributed by atoms with E-state index in [1.807, 2.05) is 24.3 Å². The Morgan fingerprint density at radius 1 is 1.00 bits per heavy atom. The second-order valence-electron chi connectivity index (χ2n) is 5.30. The molecule has 26 heavy (non-hydrogen) atoms. The molecule has 0 spiro atoms. The van der Waals surface area contributed by atoms with Crippen molar-refractivity contribution in [1.82, 2.24) is 0 Å². The van der Waals surface area contributed by atoms with Gasteiger partial charge in [0.15, 0.2) is 17.2 Å². The molecule has 134 valence electrons. The van der Waals surface area contributed by atoms with Gasteiger partial charge in [0.2, 0.25) is 5.90 Å². The van der Waals surface area contributed by atoms with Crippen LogP contribution in [0.1, 0.15) is 11.1 Å². The quantitative estimate of drug-likeness (QED) is 0.546. The van der Waals surface area contributed by atoms with Gasteiger partial charge in [-0.15, -0.1) is 0 Å². The van der Waals surface area contributed by atoms with E-state index >= 15 is 0 Å². The van der Waals surface area contributed by atoms with Crippen LogP contribution in [0.25, 0.3) is 6.08 Å². The molecule has 0 saturated carbocycles. The molecule has 0 atom stereocenters. The van der Waals surface area contributed by atoms with Gasteiger partial charge in [-0.3, -0.25) is 0 Å². The maximum absolute atomic E-state index is 12.2. The maximum Gasteiger partial charge on any atom is 0.363 e. The van der Waals surface area contributed by atoms with Gasteiger partial charge < -0.3 is 18.9 Å². The zero-order valence-corrected chi connectivity index (χ0v) is 16.0. The molecule has 0 bridgehead atoms. The zero-order chi connectivity index (χ0) is 18.7. The number of aliphatic imine (C=N–C) groups is 1. The number of hydrogen-bond acceptors (Lipinski definition) is 6. The standard InChI is InChI=1S/C19H16BrNO5/c1-23-15-10-17(25-3)16(24-2)9-12(15)8-14-19(22)26-18(21-14)11-5-4-6-13(20)7-11/h4-10H,1-3H3. The zero-order valence-electron chi connectivity index (χ0n) is 14.4. The summed E-state index contributed by atoms with van der Waals surface area (Å²) in [6.45, 7) is 0. The molecule has 6 nitrogen and oxygen atoms in total. The molecule has 0 N–H and O–H groups in total. The predicted molar refractivity (Wildman–Crippen MR) is 101 cm³/mol. The number of ether oxygens (including phenoxy) is 4. The fourth-order valence-corrected chi connectivity index (χ4v) is 2.87. The van der Waals surface area contributed by atoms with Gasteiger partial charge in [-0.1, -0.05) is 22.0 Å². The van der Waals surface area contributed by atoms with E-state index in [1.54, 1.807) is 25.3 Å². The van der Waals surface area contributed by atoms with Gasteiger partial charge in [0.05, 0.1) is 21.3 Å². The third-order valence-corrected chi connectivity index (χ3v) is 4.21. The van der Waals surface area contributed by atoms with Crippen LogP contribution in [0.15, 0.2) is 51.6 Å². The largest absolute Gasteiger partial charge is 0.496 e. The number of methoxy groups -OCH3 is 3. The summed E-state index contributed by atoms with van der Waals surface area (Å²) < 4.78 is 22.1. The Labute approximate surface area is 159 Å². The molecule has 2 aromatic rings. The predicted octanol–water partition coefficient (Wildman–Crippen LogP) is 3.82. The van der Waals surface area contributed by atoms with Crippen LogP contribution in [0, 0.1) is 0 Å². The van der Waals surface area contributed by atoms with Gasteiger partial charge >= 0.3 is 5.97 Å². The highest BCUT2D eigenvalue weighted by molar-refractivity contribution is 9.10. The SMILES string of the molecule is COc1cc(OC)c(OC)cc1C=C1N=C(c2cccc(Br)c2)OC1=O. The highest BCUT2D eigenvalue weighted by atomic mass is 79.9. The van der Waals surface area contributed by atoms with Crippen LogP contribution >= 0.6 is 15.9 Å². The Balaban J connectivity index is 2.03. The number of carbonyl (C=O) groups is 1. The van der Waals surface area contributed by atoms with Gasteiger partial charge in [-0.05, 0) is 30.3 Å². The molecular weight excluding hydrogens is 402 g/mol. The Bertz CT molecular complexity index is 920. The molecule has 7 heteroatoms. The number of rotatable bonds is 5. The topological polar surface area (TPSA) is 66.3 Å². The van der Waals surface area contributed by atoms with Crippen molar-refractivity contribution in [1.29, 1.82) is 0 Å². The van der Waals surface area contributed by atoms with Gasteiger partial charge in [0.1, 0.15) is 5.75 Å². The minimum absolute atomic E-state index is 0.172. The lowest BCUT2D eigenvalue weighted by Gasteiger charge is -2.12. The van der Waals surface area contributed by atoms with Gasteiger partial charge in [0.25, 0.3) is 0 Å². The lowest BCUT2D eigenvalue weighted by atomic mass is 10.1. The number of esters is 1. The average molecular weight is 418 g/mol. The molecule has 3 rings (SSSR count). The summed E-state index contributed by atoms with van der Waals surface area (Å²) in [4.78, 5) is 16.5. The van der Waals surface area contributed by atoms with Crippen molar-refractivity contribution in [3.05, 3.63) is 57.7 Å². The van der Waals surface area contributed by atoms with E-state index in [-0.39, 0.29) is 11.6 Å². The van der Waals surface area contributed by atoms with Crippen molar-refractivity contribution in [3.63, 3.8) is 0 Å². The molecule has 0 unspecified atom stereocenters. The first kappa shape index (κ1) is 18.0. The van der Waals surface area contributed by atoms with Crippen molar-refractivity contribution >= 4 is 33.9 Å². The number of nitrogens with zero attached hydrogens (tertiary/aromatic N) is 1. The summed E-state index contributed by atoms with van der Waals surface area (Å²) in [5.74, 6) is 1.29. The normalized spacial score (nSPS) is 14.8. The molecule has 0 aliphatic carbocycles. The Morgan fingerprint density at radius 3 is 2.35 bits per heavy atom. The summed E-state index contributed by atoms with van der Waals surface area (Å²) in [5.41, 5.74) is 1.50. The smallest absolute Gasteiger partial charge is 0.363 e. The first-order valence-corrected chi connectivity index (χ1v) is 8.43. The molecule has 2 aromatic carbocycles. The van der Waals surface area contributed by atoms with Crippen LogP contribution in [0.3, 0.4) is 0 Å². The molecule has 1 heterocycles. The van der Waals surface area contributed by atoms with Crippen molar-refractivity contribution in [3.8, 4) is 17.2 Å². The van der Waals surface area contributed by atoms with Crippen molar-refractivity contribution in [2.75, 3.05) is 21.3 Å². The van der Waals surface area contributed by atoms with Crippen LogP contribution in [-0.2, 0) is 9.53 Å². The van der Waals surface area contributed by atoms with Gasteiger partial charge in [-0.2, -0.15) is 0 Å². The summed E-state index contributed by atoms with van der Waals surface area (Å²) >= 11 is 3.39. The fraction of sp³-hybridized carbons (Fsp3) is 0.158. The number of halogens is 1. The number of hydrogen-bond donors (Lipinski definition) is 0. The monoisotopic (exact) mass is 417 g/mol. The van der Waals surface area contributed by atoms with Crippen molar-refractivity contribution < 1.29 is 23.7 Å². The third-order valence-electron chi connectivity index (χ3n) is 3.72. The van der Waals surface area contributed by atoms with E-state index in [2.05, 4.69) is 20.9 Å². The van der Waals surface area contributed by atoms with Crippen LogP contribution in [-0.4, -0.2) is 33.2 Å². The molecule has 0 saturated heterocycles. The third kappa shape index (κ3) is 3.57. The second kappa shape index (κ2) is 7.61. The van der Waals surface area contributed by atoms with Crippen molar-refractivity contribution in [2.24, 2.45) is 4.99 Å². The van der Waals surface area contributed by atoms with E-state index in [0.717, 1.165) is 4.47 Å². The van der Waals surface area contributed by atoms with E-state index in [4.69, 9.17) is 18.9 Å². The lowest BCUT2D eigenvalue weighted by molar-refractivity contribution is -0.129. The highest BCUT2D eigenvalue weighted by Gasteiger charge is 2.25. The molecular formula is C19H16BrNO5. The Hall–Kier alpha value is -2.80. The van der Waals surface area contributed by atoms with E-state index < -0.39 is 5.97 Å². The van der Waals surface area contributed by atoms with E-state index in [9.17, 15) is 4.79 Å². The van der Waals surface area contributed by atoms with Gasteiger partial charge in [-0.25, -0.2) is 9.79 Å². The van der Waals surface area contributed by atoms with E-state index in [1.165, 1.54) is 14.2 Å². The van der Waals surface area contributed by atoms with Crippen molar-refractivity contribution in [2.45, 2.75) is 0 Å². The summed E-state index contributed by atoms with van der Waals surface area (Å²) in [7, 11) is 4.61. The van der Waals surface area contributed by atoms with E-state index in [0.29, 0.717) is 28.4 Å². The first-order valence-electron chi connectivity index (χ1n) is 7.64. The maximum atomic E-state index is 12.2. The fourth-order valence-electron chi connectivity index (χ4n) is 2.47. The van der Waals surface area contributed by atoms with Crippen LogP contribution < -0.4 is 14.2 Å². The van der Waals surface area contributed by atoms with Crippen LogP contribution in [0.5, 0.6) is 17.2 Å². The molecule has 0 fully saturated rings. The minimum atomic E-state index is -0.531. The number of benzene rings is 2. The Morgan fingerprint density at radius 2 is 1.69 bits per heavy atom. The average Bonchev–Trinajstić information content (AvgIpc) is 3.02. The molecule has 0 radical (unpaired) electrons. The molecule has 0 amide bonds. The summed E-state index contributed by atoms with van der Waals surface area (Å²) in [5, 5.41) is 0. The van der Waals surface area contributed by atoms with Gasteiger partial charge in [0, 0.05) is 21.7 Å². The molecule has 1 aliphatic heterocycles. The number of cyclic esters (lactones) is 1. The van der Waals surface area contributed by atoms with Crippen LogP contribution in [0.2, 0.25) is 0 Å². The minimum Gasteiger partial charge on any atom is -0.496 e. The summed E-state index contributed by atoms with van der Waals surface area (Å²) in [6, 6.07) is 10.8. The second-order valence-corrected chi connectivity index (χ2v) is 6.21.